The third-order valence-electron chi connectivity index (χ3n) is 4.40. The number of hydrogen-bond donors (Lipinski definition) is 1. The number of halogens is 3. The van der Waals surface area contributed by atoms with Crippen molar-refractivity contribution in [2.75, 3.05) is 25.1 Å². The molecule has 9 heteroatoms. The highest BCUT2D eigenvalue weighted by molar-refractivity contribution is 5.85. The minimum Gasteiger partial charge on any atom is -0.497 e. The van der Waals surface area contributed by atoms with Crippen molar-refractivity contribution in [2.45, 2.75) is 12.6 Å². The van der Waals surface area contributed by atoms with Crippen LogP contribution in [0.25, 0.3) is 0 Å². The molecule has 0 radical (unpaired) electrons. The minimum absolute atomic E-state index is 0.120. The zero-order chi connectivity index (χ0) is 18.9. The van der Waals surface area contributed by atoms with Crippen LogP contribution >= 0.6 is 0 Å². The van der Waals surface area contributed by atoms with E-state index in [9.17, 15) is 18.0 Å². The summed E-state index contributed by atoms with van der Waals surface area (Å²) in [5.41, 5.74) is 5.58. The van der Waals surface area contributed by atoms with Crippen LogP contribution in [-0.2, 0) is 17.4 Å². The Balaban J connectivity index is 1.78. The highest BCUT2D eigenvalue weighted by Crippen LogP contribution is 2.38. The first kappa shape index (κ1) is 18.0. The van der Waals surface area contributed by atoms with Crippen LogP contribution in [0.4, 0.5) is 19.0 Å². The van der Waals surface area contributed by atoms with Gasteiger partial charge in [-0.3, -0.25) is 4.79 Å². The maximum atomic E-state index is 12.8. The van der Waals surface area contributed by atoms with Gasteiger partial charge >= 0.3 is 6.18 Å². The second kappa shape index (κ2) is 6.47. The van der Waals surface area contributed by atoms with Crippen molar-refractivity contribution >= 4 is 11.7 Å². The van der Waals surface area contributed by atoms with Gasteiger partial charge in [0.15, 0.2) is 0 Å². The van der Waals surface area contributed by atoms with E-state index in [1.165, 1.54) is 6.07 Å². The number of aromatic nitrogens is 2. The van der Waals surface area contributed by atoms with E-state index in [4.69, 9.17) is 10.5 Å². The number of hydrogen-bond acceptors (Lipinski definition) is 5. The van der Waals surface area contributed by atoms with E-state index in [1.807, 2.05) is 6.07 Å². The summed E-state index contributed by atoms with van der Waals surface area (Å²) in [7, 11) is 1.54. The van der Waals surface area contributed by atoms with Gasteiger partial charge in [-0.25, -0.2) is 9.97 Å². The molecule has 1 saturated heterocycles. The summed E-state index contributed by atoms with van der Waals surface area (Å²) in [5, 5.41) is 0. The molecule has 0 spiro atoms. The van der Waals surface area contributed by atoms with Crippen molar-refractivity contribution in [1.82, 2.24) is 9.97 Å². The molecule has 0 unspecified atom stereocenters. The van der Waals surface area contributed by atoms with Gasteiger partial charge < -0.3 is 15.4 Å². The Hall–Kier alpha value is -2.84. The van der Waals surface area contributed by atoms with Crippen LogP contribution in [-0.4, -0.2) is 36.1 Å². The van der Waals surface area contributed by atoms with E-state index in [-0.39, 0.29) is 18.9 Å². The molecule has 26 heavy (non-hydrogen) atoms. The van der Waals surface area contributed by atoms with Crippen LogP contribution in [0, 0.1) is 5.41 Å². The van der Waals surface area contributed by atoms with E-state index >= 15 is 0 Å². The first-order chi connectivity index (χ1) is 12.2. The van der Waals surface area contributed by atoms with Crippen molar-refractivity contribution in [3.8, 4) is 5.75 Å². The fraction of sp³-hybridized carbons (Fsp3) is 0.353. The molecule has 3 rings (SSSR count). The van der Waals surface area contributed by atoms with Crippen molar-refractivity contribution in [1.29, 1.82) is 0 Å². The molecule has 0 atom stereocenters. The second-order valence-corrected chi connectivity index (χ2v) is 6.27. The van der Waals surface area contributed by atoms with E-state index in [0.717, 1.165) is 11.8 Å². The monoisotopic (exact) mass is 366 g/mol. The van der Waals surface area contributed by atoms with Gasteiger partial charge in [0.2, 0.25) is 11.7 Å². The molecule has 2 heterocycles. The number of primary amides is 1. The Labute approximate surface area is 147 Å². The molecule has 1 amide bonds. The molecular weight excluding hydrogens is 349 g/mol. The van der Waals surface area contributed by atoms with E-state index in [2.05, 4.69) is 9.97 Å². The summed E-state index contributed by atoms with van der Waals surface area (Å²) >= 11 is 0. The normalized spacial score (nSPS) is 16.1. The fourth-order valence-corrected chi connectivity index (χ4v) is 3.04. The lowest BCUT2D eigenvalue weighted by Gasteiger charge is -2.48. The summed E-state index contributed by atoms with van der Waals surface area (Å²) < 4.78 is 43.5. The number of methoxy groups -OCH3 is 1. The predicted molar refractivity (Wildman–Crippen MR) is 87.6 cm³/mol. The molecule has 1 aromatic carbocycles. The van der Waals surface area contributed by atoms with Crippen LogP contribution in [0.5, 0.6) is 5.75 Å². The van der Waals surface area contributed by atoms with Crippen LogP contribution in [0.1, 0.15) is 11.4 Å². The molecule has 0 aliphatic carbocycles. The number of benzene rings is 1. The van der Waals surface area contributed by atoms with Crippen molar-refractivity contribution in [3.63, 3.8) is 0 Å². The van der Waals surface area contributed by atoms with Crippen LogP contribution in [0.2, 0.25) is 0 Å². The summed E-state index contributed by atoms with van der Waals surface area (Å²) in [6.07, 6.45) is -3.20. The van der Waals surface area contributed by atoms with Gasteiger partial charge in [-0.05, 0) is 30.2 Å². The summed E-state index contributed by atoms with van der Waals surface area (Å²) in [5.74, 6) is -0.931. The Morgan fingerprint density at radius 3 is 2.69 bits per heavy atom. The third kappa shape index (κ3) is 3.42. The summed E-state index contributed by atoms with van der Waals surface area (Å²) in [6, 6.07) is 8.63. The average molecular weight is 366 g/mol. The number of anilines is 1. The van der Waals surface area contributed by atoms with Crippen LogP contribution in [0.3, 0.4) is 0 Å². The molecule has 6 nitrogen and oxygen atoms in total. The third-order valence-corrected chi connectivity index (χ3v) is 4.40. The molecule has 1 aliphatic rings. The summed E-state index contributed by atoms with van der Waals surface area (Å²) in [4.78, 5) is 20.4. The molecule has 1 aliphatic heterocycles. The first-order valence-electron chi connectivity index (χ1n) is 7.81. The van der Waals surface area contributed by atoms with E-state index in [1.54, 1.807) is 30.2 Å². The number of ether oxygens (including phenoxy) is 1. The Morgan fingerprint density at radius 2 is 2.08 bits per heavy atom. The standard InChI is InChI=1S/C17H17F3N4O2/c1-26-12-4-2-3-11(7-12)8-16(14(21)25)9-24(10-16)13-5-6-22-15(23-13)17(18,19)20/h2-7H,8-10H2,1H3,(H2,21,25). The number of nitrogens with two attached hydrogens (primary N) is 1. The maximum absolute atomic E-state index is 12.8. The fourth-order valence-electron chi connectivity index (χ4n) is 3.04. The average Bonchev–Trinajstić information content (AvgIpc) is 2.57. The molecule has 2 N–H and O–H groups in total. The highest BCUT2D eigenvalue weighted by atomic mass is 19.4. The highest BCUT2D eigenvalue weighted by Gasteiger charge is 2.49. The molecule has 1 fully saturated rings. The lowest BCUT2D eigenvalue weighted by atomic mass is 9.74. The lowest BCUT2D eigenvalue weighted by molar-refractivity contribution is -0.145. The minimum atomic E-state index is -4.62. The van der Waals surface area contributed by atoms with Crippen molar-refractivity contribution < 1.29 is 22.7 Å². The molecule has 138 valence electrons. The van der Waals surface area contributed by atoms with Gasteiger partial charge in [-0.15, -0.1) is 0 Å². The number of alkyl halides is 3. The van der Waals surface area contributed by atoms with Gasteiger partial charge in [-0.2, -0.15) is 13.2 Å². The zero-order valence-electron chi connectivity index (χ0n) is 14.0. The number of carbonyl (C=O) groups is 1. The molecule has 2 aromatic rings. The molecule has 0 bridgehead atoms. The lowest BCUT2D eigenvalue weighted by Crippen LogP contribution is -2.64. The van der Waals surface area contributed by atoms with Crippen LogP contribution in [0.15, 0.2) is 36.5 Å². The van der Waals surface area contributed by atoms with E-state index < -0.39 is 23.3 Å². The number of nitrogens with zero attached hydrogens (tertiary/aromatic N) is 3. The Bertz CT molecular complexity index is 820. The van der Waals surface area contributed by atoms with Gasteiger partial charge in [-0.1, -0.05) is 12.1 Å². The van der Waals surface area contributed by atoms with Crippen molar-refractivity contribution in [3.05, 3.63) is 47.9 Å². The molecule has 1 aromatic heterocycles. The van der Waals surface area contributed by atoms with Crippen molar-refractivity contribution in [2.24, 2.45) is 11.1 Å². The topological polar surface area (TPSA) is 81.3 Å². The number of rotatable bonds is 5. The quantitative estimate of drug-likeness (QED) is 0.876. The van der Waals surface area contributed by atoms with Gasteiger partial charge in [0.25, 0.3) is 0 Å². The molecule has 0 saturated carbocycles. The van der Waals surface area contributed by atoms with Crippen LogP contribution < -0.4 is 15.4 Å². The van der Waals surface area contributed by atoms with Gasteiger partial charge in [0.1, 0.15) is 11.6 Å². The van der Waals surface area contributed by atoms with E-state index in [0.29, 0.717) is 12.2 Å². The second-order valence-electron chi connectivity index (χ2n) is 6.27. The summed E-state index contributed by atoms with van der Waals surface area (Å²) in [6.45, 7) is 0.377. The van der Waals surface area contributed by atoms with Gasteiger partial charge in [0, 0.05) is 19.3 Å². The Kier molecular flexibility index (Phi) is 4.47. The number of carbonyl (C=O) groups excluding carboxylic acids is 1. The first-order valence-corrected chi connectivity index (χ1v) is 7.81. The zero-order valence-corrected chi connectivity index (χ0v) is 14.0. The smallest absolute Gasteiger partial charge is 0.451 e. The largest absolute Gasteiger partial charge is 0.497 e. The molecular formula is C17H17F3N4O2. The predicted octanol–water partition coefficient (Wildman–Crippen LogP) is 2.04. The Morgan fingerprint density at radius 1 is 1.35 bits per heavy atom. The SMILES string of the molecule is COc1cccc(CC2(C(N)=O)CN(c3ccnc(C(F)(F)F)n3)C2)c1. The maximum Gasteiger partial charge on any atom is 0.451 e. The van der Waals surface area contributed by atoms with Gasteiger partial charge in [0.05, 0.1) is 12.5 Å². The number of amides is 1.